The molecule has 1 aliphatic heterocycles. The molecule has 7 aromatic carbocycles. The first kappa shape index (κ1) is 54.5. The van der Waals surface area contributed by atoms with Crippen molar-refractivity contribution in [3.05, 3.63) is 231 Å². The summed E-state index contributed by atoms with van der Waals surface area (Å²) in [6.45, 7) is 14.0. The Kier molecular flexibility index (Phi) is 18.8. The van der Waals surface area contributed by atoms with Crippen molar-refractivity contribution in [3.8, 4) is 5.75 Å². The average Bonchev–Trinajstić information content (AvgIpc) is 3.43. The summed E-state index contributed by atoms with van der Waals surface area (Å²) in [6, 6.07) is 75.1. The maximum absolute atomic E-state index is 12.0. The Morgan fingerprint density at radius 1 is 0.589 bits per heavy atom. The van der Waals surface area contributed by atoms with Crippen molar-refractivity contribution in [1.82, 2.24) is 0 Å². The third-order valence-corrected chi connectivity index (χ3v) is 43.2. The number of methoxy groups -OCH3 is 1. The van der Waals surface area contributed by atoms with Gasteiger partial charge in [-0.15, -0.1) is 0 Å². The summed E-state index contributed by atoms with van der Waals surface area (Å²) < 4.78 is 38.0. The molecule has 7 aromatic rings. The molecule has 0 radical (unpaired) electrons. The van der Waals surface area contributed by atoms with Gasteiger partial charge in [0.1, 0.15) is 0 Å². The molecule has 0 spiro atoms. The van der Waals surface area contributed by atoms with Gasteiger partial charge in [-0.2, -0.15) is 0 Å². The van der Waals surface area contributed by atoms with Crippen molar-refractivity contribution < 1.29 is 24.1 Å². The SMILES string of the molecule is CCCCC[C@H](C/C=[C](\[C@H]1OC(C)(C)O[C@@H]([C@@H](C)/C=[C](\CO)[Sn]([c]2ccccc2)([c]2ccccc2)[c]2ccccc2)C1(C)C)[Sn]([c]1ccccc1)([c]1ccccc1)[c]1ccccc1)OCc1ccc(OC)cc1. The molecular weight excluding hydrogens is 1110 g/mol. The summed E-state index contributed by atoms with van der Waals surface area (Å²) in [5, 5.41) is 12.0. The van der Waals surface area contributed by atoms with Crippen LogP contribution in [0.5, 0.6) is 5.75 Å². The van der Waals surface area contributed by atoms with Crippen molar-refractivity contribution in [3.63, 3.8) is 0 Å². The van der Waals surface area contributed by atoms with E-state index in [9.17, 15) is 5.11 Å². The summed E-state index contributed by atoms with van der Waals surface area (Å²) in [7, 11) is 1.71. The van der Waals surface area contributed by atoms with E-state index in [2.05, 4.69) is 248 Å². The van der Waals surface area contributed by atoms with E-state index in [0.29, 0.717) is 6.61 Å². The minimum absolute atomic E-state index is 0.0229. The zero-order valence-corrected chi connectivity index (χ0v) is 49.8. The Morgan fingerprint density at radius 2 is 1.01 bits per heavy atom. The van der Waals surface area contributed by atoms with E-state index in [-0.39, 0.29) is 30.8 Å². The van der Waals surface area contributed by atoms with Crippen LogP contribution >= 0.6 is 0 Å². The average molecular weight is 1190 g/mol. The second kappa shape index (κ2) is 25.2. The first-order valence-electron chi connectivity index (χ1n) is 26.4. The van der Waals surface area contributed by atoms with Gasteiger partial charge >= 0.3 is 449 Å². The van der Waals surface area contributed by atoms with Crippen LogP contribution in [0, 0.1) is 11.3 Å². The van der Waals surface area contributed by atoms with Crippen molar-refractivity contribution in [2.45, 2.75) is 104 Å². The number of hydrogen-bond acceptors (Lipinski definition) is 5. The van der Waals surface area contributed by atoms with Crippen LogP contribution in [0.25, 0.3) is 0 Å². The van der Waals surface area contributed by atoms with Gasteiger partial charge in [-0.25, -0.2) is 0 Å². The van der Waals surface area contributed by atoms with Crippen molar-refractivity contribution >= 4 is 58.2 Å². The molecule has 1 saturated heterocycles. The molecule has 1 fully saturated rings. The molecule has 0 aliphatic carbocycles. The van der Waals surface area contributed by atoms with Gasteiger partial charge in [-0.05, 0) is 0 Å². The summed E-state index contributed by atoms with van der Waals surface area (Å²) in [4.78, 5) is 0. The molecule has 0 bridgehead atoms. The van der Waals surface area contributed by atoms with Crippen LogP contribution in [-0.2, 0) is 20.8 Å². The Bertz CT molecular complexity index is 2620. The van der Waals surface area contributed by atoms with Crippen LogP contribution in [0.3, 0.4) is 0 Å². The molecule has 0 amide bonds. The second-order valence-electron chi connectivity index (χ2n) is 20.8. The summed E-state index contributed by atoms with van der Waals surface area (Å²) >= 11 is -8.61. The van der Waals surface area contributed by atoms with Crippen LogP contribution in [-0.4, -0.2) is 79.7 Å². The summed E-state index contributed by atoms with van der Waals surface area (Å²) in [6.07, 6.45) is 9.36. The minimum atomic E-state index is -4.43. The van der Waals surface area contributed by atoms with Gasteiger partial charge in [0.05, 0.1) is 0 Å². The molecule has 1 N–H and O–H groups in total. The van der Waals surface area contributed by atoms with E-state index in [4.69, 9.17) is 18.9 Å². The van der Waals surface area contributed by atoms with E-state index in [1.165, 1.54) is 25.1 Å². The Morgan fingerprint density at radius 3 is 1.41 bits per heavy atom. The number of ether oxygens (including phenoxy) is 4. The van der Waals surface area contributed by atoms with Gasteiger partial charge in [-0.1, -0.05) is 0 Å². The Hall–Kier alpha value is -4.74. The van der Waals surface area contributed by atoms with Gasteiger partial charge in [0.15, 0.2) is 0 Å². The molecule has 1 heterocycles. The predicted molar refractivity (Wildman–Crippen MR) is 308 cm³/mol. The normalized spacial score (nSPS) is 17.9. The molecule has 7 heteroatoms. The number of hydrogen-bond donors (Lipinski definition) is 1. The van der Waals surface area contributed by atoms with Gasteiger partial charge in [0.2, 0.25) is 0 Å². The number of rotatable bonds is 22. The molecule has 1 aliphatic rings. The van der Waals surface area contributed by atoms with Gasteiger partial charge < -0.3 is 0 Å². The quantitative estimate of drug-likeness (QED) is 0.0541. The number of benzene rings is 7. The zero-order valence-electron chi connectivity index (χ0n) is 44.1. The van der Waals surface area contributed by atoms with Crippen LogP contribution in [0.1, 0.15) is 79.2 Å². The fourth-order valence-corrected chi connectivity index (χ4v) is 41.0. The number of unbranched alkanes of at least 4 members (excludes halogenated alkanes) is 2. The van der Waals surface area contributed by atoms with E-state index in [0.717, 1.165) is 47.0 Å². The first-order chi connectivity index (χ1) is 35.5. The molecule has 4 atom stereocenters. The zero-order chi connectivity index (χ0) is 51.3. The van der Waals surface area contributed by atoms with Crippen molar-refractivity contribution in [2.24, 2.45) is 11.3 Å². The molecule has 378 valence electrons. The molecule has 8 rings (SSSR count). The molecule has 5 nitrogen and oxygen atoms in total. The third-order valence-electron chi connectivity index (χ3n) is 15.1. The van der Waals surface area contributed by atoms with Gasteiger partial charge in [0.25, 0.3) is 0 Å². The van der Waals surface area contributed by atoms with Gasteiger partial charge in [0, 0.05) is 0 Å². The predicted octanol–water partition coefficient (Wildman–Crippen LogP) is 11.0. The molecule has 0 aromatic heterocycles. The monoisotopic (exact) mass is 1190 g/mol. The summed E-state index contributed by atoms with van der Waals surface area (Å²) in [5.74, 6) is -0.247. The van der Waals surface area contributed by atoms with E-state index in [1.807, 2.05) is 12.1 Å². The second-order valence-corrected chi connectivity index (χ2v) is 42.8. The Labute approximate surface area is 445 Å². The fraction of sp³-hybridized carbons (Fsp3) is 0.303. The van der Waals surface area contributed by atoms with Crippen LogP contribution in [0.4, 0.5) is 0 Å². The van der Waals surface area contributed by atoms with Crippen LogP contribution < -0.4 is 26.2 Å². The van der Waals surface area contributed by atoms with Crippen molar-refractivity contribution in [1.29, 1.82) is 0 Å². The molecular formula is C66H76O5Sn2. The van der Waals surface area contributed by atoms with E-state index in [1.54, 1.807) is 7.11 Å². The number of aliphatic hydroxyl groups excluding tert-OH is 1. The number of aliphatic hydroxyl groups is 1. The van der Waals surface area contributed by atoms with Crippen molar-refractivity contribution in [2.75, 3.05) is 13.7 Å². The third kappa shape index (κ3) is 12.0. The summed E-state index contributed by atoms with van der Waals surface area (Å²) in [5.41, 5.74) is 0.546. The first-order valence-corrected chi connectivity index (χ1v) is 37.9. The molecule has 0 unspecified atom stereocenters. The molecule has 73 heavy (non-hydrogen) atoms. The standard InChI is InChI=1S/C30H46O5.6C6H5.2Sn/c1-8-9-10-14-26(33-22-24-17-19-25(32-7)20-18-24)15-11-16-27-29(3,4)28(23(2)13-12-21-31)35-30(5,6)34-27;6*1-2-4-6-5-3-1;;/h11,13,17-20,23,26-28,31H,8-10,14-15,21-22H2,1-7H3;6*1-5H;;/t23-,26+,27+,28-;;;;;;;;/m0......../s1. The maximum atomic E-state index is 12.0. The van der Waals surface area contributed by atoms with Gasteiger partial charge in [-0.3, -0.25) is 0 Å². The molecule has 0 saturated carbocycles. The van der Waals surface area contributed by atoms with Crippen LogP contribution in [0.2, 0.25) is 0 Å². The van der Waals surface area contributed by atoms with E-state index < -0.39 is 48.0 Å². The topological polar surface area (TPSA) is 57.2 Å². The van der Waals surface area contributed by atoms with E-state index >= 15 is 0 Å². The fourth-order valence-electron chi connectivity index (χ4n) is 11.7. The van der Waals surface area contributed by atoms with Crippen LogP contribution in [0.15, 0.2) is 226 Å². The Balaban J connectivity index is 1.33.